The summed E-state index contributed by atoms with van der Waals surface area (Å²) in [5, 5.41) is 8.61. The molecule has 0 heterocycles. The van der Waals surface area contributed by atoms with Gasteiger partial charge in [0.15, 0.2) is 0 Å². The van der Waals surface area contributed by atoms with Gasteiger partial charge in [0, 0.05) is 12.8 Å². The van der Waals surface area contributed by atoms with E-state index in [-0.39, 0.29) is 5.97 Å². The summed E-state index contributed by atoms with van der Waals surface area (Å²) >= 11 is 0. The number of carboxylic acids is 1. The van der Waals surface area contributed by atoms with Crippen LogP contribution < -0.4 is 0 Å². The second-order valence-electron chi connectivity index (χ2n) is 10.9. The lowest BCUT2D eigenvalue weighted by Crippen LogP contribution is -2.05. The largest absolute Gasteiger partial charge is 0.481 e. The summed E-state index contributed by atoms with van der Waals surface area (Å²) in [6.45, 7) is 2.84. The number of aliphatic carboxylic acids is 1. The number of ether oxygens (including phenoxy) is 1. The van der Waals surface area contributed by atoms with Crippen molar-refractivity contribution in [3.8, 4) is 0 Å². The summed E-state index contributed by atoms with van der Waals surface area (Å²) in [5.74, 6) is -0.670. The molecule has 0 aliphatic carbocycles. The number of allylic oxidation sites excluding steroid dienone is 2. The average Bonchev–Trinajstić information content (AvgIpc) is 2.88. The summed E-state index contributed by atoms with van der Waals surface area (Å²) in [7, 11) is 0. The van der Waals surface area contributed by atoms with E-state index in [0.717, 1.165) is 32.1 Å². The van der Waals surface area contributed by atoms with E-state index >= 15 is 0 Å². The molecule has 218 valence electrons. The molecule has 0 unspecified atom stereocenters. The predicted octanol–water partition coefficient (Wildman–Crippen LogP) is 10.7. The van der Waals surface area contributed by atoms with Gasteiger partial charge < -0.3 is 9.84 Å². The highest BCUT2D eigenvalue weighted by atomic mass is 16.5. The van der Waals surface area contributed by atoms with Crippen molar-refractivity contribution in [1.29, 1.82) is 0 Å². The molecule has 0 aliphatic heterocycles. The average molecular weight is 523 g/mol. The number of carbonyl (C=O) groups excluding carboxylic acids is 1. The molecule has 0 atom stereocenters. The smallest absolute Gasteiger partial charge is 0.305 e. The number of unbranched alkanes of at least 4 members (excludes halogenated alkanes) is 22. The van der Waals surface area contributed by atoms with Crippen molar-refractivity contribution >= 4 is 11.9 Å². The number of hydrogen-bond acceptors (Lipinski definition) is 3. The molecule has 0 bridgehead atoms. The zero-order valence-corrected chi connectivity index (χ0v) is 24.6. The van der Waals surface area contributed by atoms with Gasteiger partial charge in [-0.15, -0.1) is 0 Å². The van der Waals surface area contributed by atoms with Crippen molar-refractivity contribution in [2.75, 3.05) is 6.61 Å². The van der Waals surface area contributed by atoms with Crippen LogP contribution in [0.5, 0.6) is 0 Å². The molecule has 0 saturated heterocycles. The Balaban J connectivity index is 3.17. The Hall–Kier alpha value is -1.32. The Labute approximate surface area is 230 Å². The second-order valence-corrected chi connectivity index (χ2v) is 10.9. The molecule has 0 radical (unpaired) electrons. The fraction of sp³-hybridized carbons (Fsp3) is 0.879. The topological polar surface area (TPSA) is 63.6 Å². The normalized spacial score (nSPS) is 11.4. The molecule has 37 heavy (non-hydrogen) atoms. The van der Waals surface area contributed by atoms with Crippen LogP contribution in [-0.2, 0) is 14.3 Å². The van der Waals surface area contributed by atoms with Crippen LogP contribution in [0.15, 0.2) is 12.2 Å². The maximum absolute atomic E-state index is 11.8. The minimum atomic E-state index is -0.665. The summed E-state index contributed by atoms with van der Waals surface area (Å²) in [6.07, 6.45) is 36.4. The zero-order valence-electron chi connectivity index (χ0n) is 24.6. The van der Waals surface area contributed by atoms with Gasteiger partial charge in [-0.05, 0) is 38.5 Å². The first-order chi connectivity index (χ1) is 18.2. The molecule has 0 aromatic carbocycles. The SMILES string of the molecule is CCCC/C=C\CCCCCCCC(=O)OCCCCCCCCCCCCCCCCCCC(=O)O. The van der Waals surface area contributed by atoms with Crippen LogP contribution >= 0.6 is 0 Å². The van der Waals surface area contributed by atoms with Crippen molar-refractivity contribution in [3.05, 3.63) is 12.2 Å². The quantitative estimate of drug-likeness (QED) is 0.0578. The first-order valence-corrected chi connectivity index (χ1v) is 16.2. The van der Waals surface area contributed by atoms with Crippen molar-refractivity contribution < 1.29 is 19.4 Å². The zero-order chi connectivity index (χ0) is 27.1. The lowest BCUT2D eigenvalue weighted by Gasteiger charge is -2.05. The molecule has 4 heteroatoms. The minimum absolute atomic E-state index is 0.00500. The van der Waals surface area contributed by atoms with Gasteiger partial charge in [-0.2, -0.15) is 0 Å². The second kappa shape index (κ2) is 30.9. The first-order valence-electron chi connectivity index (χ1n) is 16.2. The van der Waals surface area contributed by atoms with Crippen LogP contribution in [0, 0.1) is 0 Å². The molecule has 0 saturated carbocycles. The Kier molecular flexibility index (Phi) is 29.8. The van der Waals surface area contributed by atoms with Crippen LogP contribution in [0.4, 0.5) is 0 Å². The molecule has 1 N–H and O–H groups in total. The summed E-state index contributed by atoms with van der Waals surface area (Å²) in [4.78, 5) is 22.3. The van der Waals surface area contributed by atoms with Gasteiger partial charge in [0.1, 0.15) is 0 Å². The Bertz CT molecular complexity index is 514. The Morgan fingerprint density at radius 2 is 0.892 bits per heavy atom. The molecule has 0 spiro atoms. The van der Waals surface area contributed by atoms with Gasteiger partial charge in [-0.3, -0.25) is 9.59 Å². The summed E-state index contributed by atoms with van der Waals surface area (Å²) in [6, 6.07) is 0. The van der Waals surface area contributed by atoms with Gasteiger partial charge in [-0.1, -0.05) is 141 Å². The van der Waals surface area contributed by atoms with E-state index in [9.17, 15) is 9.59 Å². The third-order valence-corrected chi connectivity index (χ3v) is 7.19. The third kappa shape index (κ3) is 32.7. The molecule has 0 fully saturated rings. The first kappa shape index (κ1) is 35.7. The highest BCUT2D eigenvalue weighted by Crippen LogP contribution is 2.14. The lowest BCUT2D eigenvalue weighted by atomic mass is 10.0. The van der Waals surface area contributed by atoms with Crippen molar-refractivity contribution in [3.63, 3.8) is 0 Å². The number of rotatable bonds is 30. The molecule has 0 aromatic rings. The minimum Gasteiger partial charge on any atom is -0.481 e. The molecular formula is C33H62O4. The van der Waals surface area contributed by atoms with Crippen LogP contribution in [0.3, 0.4) is 0 Å². The van der Waals surface area contributed by atoms with Gasteiger partial charge >= 0.3 is 11.9 Å². The maximum Gasteiger partial charge on any atom is 0.305 e. The van der Waals surface area contributed by atoms with Crippen LogP contribution in [0.25, 0.3) is 0 Å². The van der Waals surface area contributed by atoms with Crippen LogP contribution in [0.2, 0.25) is 0 Å². The summed E-state index contributed by atoms with van der Waals surface area (Å²) < 4.78 is 5.40. The molecule has 0 aromatic heterocycles. The monoisotopic (exact) mass is 522 g/mol. The van der Waals surface area contributed by atoms with Gasteiger partial charge in [0.05, 0.1) is 6.61 Å². The molecule has 4 nitrogen and oxygen atoms in total. The fourth-order valence-corrected chi connectivity index (χ4v) is 4.73. The Morgan fingerprint density at radius 3 is 1.35 bits per heavy atom. The standard InChI is InChI=1S/C33H62O4/c1-2-3-4-5-6-7-14-18-21-24-27-30-33(36)37-31-28-25-22-19-16-13-11-9-8-10-12-15-17-20-23-26-29-32(34)35/h5-6H,2-4,7-31H2,1H3,(H,34,35)/b6-5-. The predicted molar refractivity (Wildman–Crippen MR) is 158 cm³/mol. The molecule has 0 aliphatic rings. The number of hydrogen-bond donors (Lipinski definition) is 1. The third-order valence-electron chi connectivity index (χ3n) is 7.19. The number of esters is 1. The van der Waals surface area contributed by atoms with E-state index in [1.54, 1.807) is 0 Å². The molecule has 0 rings (SSSR count). The van der Waals surface area contributed by atoms with E-state index in [0.29, 0.717) is 19.4 Å². The van der Waals surface area contributed by atoms with Gasteiger partial charge in [0.2, 0.25) is 0 Å². The van der Waals surface area contributed by atoms with E-state index in [4.69, 9.17) is 9.84 Å². The van der Waals surface area contributed by atoms with Gasteiger partial charge in [-0.25, -0.2) is 0 Å². The van der Waals surface area contributed by atoms with Crippen LogP contribution in [-0.4, -0.2) is 23.7 Å². The van der Waals surface area contributed by atoms with Crippen molar-refractivity contribution in [1.82, 2.24) is 0 Å². The van der Waals surface area contributed by atoms with E-state index in [1.165, 1.54) is 128 Å². The fourth-order valence-electron chi connectivity index (χ4n) is 4.73. The van der Waals surface area contributed by atoms with E-state index < -0.39 is 5.97 Å². The van der Waals surface area contributed by atoms with Crippen molar-refractivity contribution in [2.24, 2.45) is 0 Å². The molecular weight excluding hydrogens is 460 g/mol. The Morgan fingerprint density at radius 1 is 0.514 bits per heavy atom. The number of carboxylic acid groups (broad SMARTS) is 1. The van der Waals surface area contributed by atoms with Crippen LogP contribution in [0.1, 0.15) is 180 Å². The highest BCUT2D eigenvalue weighted by Gasteiger charge is 2.02. The van der Waals surface area contributed by atoms with E-state index in [1.807, 2.05) is 0 Å². The highest BCUT2D eigenvalue weighted by molar-refractivity contribution is 5.69. The molecule has 0 amide bonds. The van der Waals surface area contributed by atoms with Crippen molar-refractivity contribution in [2.45, 2.75) is 180 Å². The number of carbonyl (C=O) groups is 2. The maximum atomic E-state index is 11.8. The summed E-state index contributed by atoms with van der Waals surface area (Å²) in [5.41, 5.74) is 0. The van der Waals surface area contributed by atoms with Gasteiger partial charge in [0.25, 0.3) is 0 Å². The lowest BCUT2D eigenvalue weighted by molar-refractivity contribution is -0.144. The van der Waals surface area contributed by atoms with E-state index in [2.05, 4.69) is 19.1 Å².